The van der Waals surface area contributed by atoms with E-state index in [-0.39, 0.29) is 37.1 Å². The van der Waals surface area contributed by atoms with E-state index >= 15 is 0 Å². The average Bonchev–Trinajstić information content (AvgIpc) is 3.22. The zero-order valence-corrected chi connectivity index (χ0v) is 21.6. The van der Waals surface area contributed by atoms with Gasteiger partial charge in [0.15, 0.2) is 11.6 Å². The number of ether oxygens (including phenoxy) is 1. The van der Waals surface area contributed by atoms with Crippen molar-refractivity contribution in [1.29, 1.82) is 0 Å². The van der Waals surface area contributed by atoms with Crippen molar-refractivity contribution < 1.29 is 24.2 Å². The van der Waals surface area contributed by atoms with E-state index < -0.39 is 5.97 Å². The number of carboxylic acid groups (broad SMARTS) is 1. The Labute approximate surface area is 209 Å². The van der Waals surface area contributed by atoms with Gasteiger partial charge < -0.3 is 14.4 Å². The number of Topliss-reactive ketones (excluding diaryl/α,β-unsaturated/α-hetero) is 2. The number of hydrogen-bond donors (Lipinski definition) is 1. The van der Waals surface area contributed by atoms with Gasteiger partial charge >= 0.3 is 5.97 Å². The molecular weight excluding hydrogens is 442 g/mol. The fourth-order valence-electron chi connectivity index (χ4n) is 4.08. The lowest BCUT2D eigenvalue weighted by Crippen LogP contribution is -2.17. The highest BCUT2D eigenvalue weighted by Gasteiger charge is 2.18. The van der Waals surface area contributed by atoms with E-state index in [9.17, 15) is 14.4 Å². The molecule has 0 spiro atoms. The van der Waals surface area contributed by atoms with Crippen LogP contribution >= 0.6 is 0 Å². The third-order valence-electron chi connectivity index (χ3n) is 6.09. The number of hydrogen-bond acceptors (Lipinski definition) is 4. The summed E-state index contributed by atoms with van der Waals surface area (Å²) in [7, 11) is 0. The van der Waals surface area contributed by atoms with Crippen LogP contribution in [0.2, 0.25) is 0 Å². The van der Waals surface area contributed by atoms with Crippen molar-refractivity contribution in [3.8, 4) is 5.75 Å². The SMILES string of the molecule is CCCCCCCCc1ccc(OCC(=O)Cn2cc(CCCC(=O)O)c(C(=O)C(C)C)c2)cc1. The Bertz CT molecular complexity index is 942. The normalized spacial score (nSPS) is 11.1. The van der Waals surface area contributed by atoms with Crippen molar-refractivity contribution in [2.45, 2.75) is 91.5 Å². The van der Waals surface area contributed by atoms with E-state index in [1.807, 2.05) is 26.0 Å². The summed E-state index contributed by atoms with van der Waals surface area (Å²) < 4.78 is 7.39. The Morgan fingerprint density at radius 2 is 1.60 bits per heavy atom. The lowest BCUT2D eigenvalue weighted by Gasteiger charge is -2.08. The van der Waals surface area contributed by atoms with Crippen LogP contribution in [0.4, 0.5) is 0 Å². The average molecular weight is 484 g/mol. The van der Waals surface area contributed by atoms with Gasteiger partial charge in [-0.2, -0.15) is 0 Å². The number of carboxylic acids is 1. The molecule has 0 unspecified atom stereocenters. The summed E-state index contributed by atoms with van der Waals surface area (Å²) in [5.74, 6) is -0.464. The van der Waals surface area contributed by atoms with Gasteiger partial charge in [-0.05, 0) is 48.9 Å². The van der Waals surface area contributed by atoms with Gasteiger partial charge in [0.05, 0.1) is 6.54 Å². The number of benzene rings is 1. The molecule has 0 fully saturated rings. The van der Waals surface area contributed by atoms with E-state index in [2.05, 4.69) is 19.1 Å². The van der Waals surface area contributed by atoms with Crippen molar-refractivity contribution in [1.82, 2.24) is 4.57 Å². The van der Waals surface area contributed by atoms with Gasteiger partial charge in [-0.25, -0.2) is 0 Å². The second-order valence-corrected chi connectivity index (χ2v) is 9.62. The van der Waals surface area contributed by atoms with Crippen molar-refractivity contribution in [3.63, 3.8) is 0 Å². The number of aromatic nitrogens is 1. The highest BCUT2D eigenvalue weighted by molar-refractivity contribution is 5.98. The number of ketones is 2. The molecular formula is C29H41NO5. The minimum Gasteiger partial charge on any atom is -0.486 e. The number of aryl methyl sites for hydroxylation is 2. The van der Waals surface area contributed by atoms with Crippen LogP contribution in [0.25, 0.3) is 0 Å². The van der Waals surface area contributed by atoms with Crippen LogP contribution in [0.5, 0.6) is 5.75 Å². The van der Waals surface area contributed by atoms with Crippen LogP contribution in [0.3, 0.4) is 0 Å². The number of unbranched alkanes of at least 4 members (excludes halogenated alkanes) is 5. The van der Waals surface area contributed by atoms with E-state index in [1.54, 1.807) is 17.0 Å². The van der Waals surface area contributed by atoms with E-state index in [4.69, 9.17) is 9.84 Å². The summed E-state index contributed by atoms with van der Waals surface area (Å²) in [6, 6.07) is 7.95. The first-order valence-corrected chi connectivity index (χ1v) is 13.0. The van der Waals surface area contributed by atoms with Gasteiger partial charge in [0, 0.05) is 30.3 Å². The highest BCUT2D eigenvalue weighted by atomic mass is 16.5. The molecule has 1 heterocycles. The minimum atomic E-state index is -0.857. The van der Waals surface area contributed by atoms with Gasteiger partial charge in [-0.3, -0.25) is 14.4 Å². The number of rotatable bonds is 18. The standard InChI is InChI=1S/C29H41NO5/c1-4-5-6-7-8-9-11-23-14-16-26(17-15-23)35-21-25(31)19-30-18-24(12-10-13-28(32)33)27(20-30)29(34)22(2)3/h14-18,20,22H,4-13,19,21H2,1-3H3,(H,32,33). The van der Waals surface area contributed by atoms with Gasteiger partial charge in [0.1, 0.15) is 12.4 Å². The first-order valence-electron chi connectivity index (χ1n) is 13.0. The largest absolute Gasteiger partial charge is 0.486 e. The van der Waals surface area contributed by atoms with E-state index in [1.165, 1.54) is 44.1 Å². The molecule has 1 N–H and O–H groups in total. The second kappa shape index (κ2) is 15.2. The Hall–Kier alpha value is -2.89. The summed E-state index contributed by atoms with van der Waals surface area (Å²) in [5.41, 5.74) is 2.64. The molecule has 35 heavy (non-hydrogen) atoms. The second-order valence-electron chi connectivity index (χ2n) is 9.62. The number of carbonyl (C=O) groups is 3. The molecule has 0 bridgehead atoms. The molecule has 192 valence electrons. The topological polar surface area (TPSA) is 85.6 Å². The van der Waals surface area contributed by atoms with Crippen molar-refractivity contribution in [2.75, 3.05) is 6.61 Å². The highest BCUT2D eigenvalue weighted by Crippen LogP contribution is 2.19. The lowest BCUT2D eigenvalue weighted by molar-refractivity contribution is -0.137. The molecule has 2 rings (SSSR count). The monoisotopic (exact) mass is 483 g/mol. The lowest BCUT2D eigenvalue weighted by atomic mass is 9.98. The van der Waals surface area contributed by atoms with Crippen molar-refractivity contribution in [3.05, 3.63) is 53.3 Å². The Morgan fingerprint density at radius 3 is 2.26 bits per heavy atom. The molecule has 0 atom stereocenters. The van der Waals surface area contributed by atoms with Crippen LogP contribution < -0.4 is 4.74 Å². The molecule has 2 aromatic rings. The van der Waals surface area contributed by atoms with Gasteiger partial charge in [0.25, 0.3) is 0 Å². The first kappa shape index (κ1) is 28.3. The molecule has 6 nitrogen and oxygen atoms in total. The van der Waals surface area contributed by atoms with Crippen molar-refractivity contribution in [2.24, 2.45) is 5.92 Å². The van der Waals surface area contributed by atoms with E-state index in [0.29, 0.717) is 24.2 Å². The van der Waals surface area contributed by atoms with Crippen LogP contribution in [0.15, 0.2) is 36.7 Å². The Morgan fingerprint density at radius 1 is 0.914 bits per heavy atom. The van der Waals surface area contributed by atoms with Crippen LogP contribution in [-0.4, -0.2) is 33.8 Å². The molecule has 0 saturated heterocycles. The number of carbonyl (C=O) groups excluding carboxylic acids is 2. The van der Waals surface area contributed by atoms with Gasteiger partial charge in [-0.15, -0.1) is 0 Å². The van der Waals surface area contributed by atoms with Crippen LogP contribution in [-0.2, 0) is 29.0 Å². The Kier molecular flexibility index (Phi) is 12.3. The Balaban J connectivity index is 1.84. The summed E-state index contributed by atoms with van der Waals surface area (Å²) in [6.07, 6.45) is 13.2. The molecule has 1 aromatic carbocycles. The number of aliphatic carboxylic acids is 1. The zero-order chi connectivity index (χ0) is 25.6. The summed E-state index contributed by atoms with van der Waals surface area (Å²) in [5, 5.41) is 8.89. The predicted molar refractivity (Wildman–Crippen MR) is 138 cm³/mol. The zero-order valence-electron chi connectivity index (χ0n) is 21.6. The number of nitrogens with zero attached hydrogens (tertiary/aromatic N) is 1. The van der Waals surface area contributed by atoms with Gasteiger partial charge in [-0.1, -0.05) is 65.0 Å². The molecule has 0 aliphatic carbocycles. The molecule has 0 amide bonds. The summed E-state index contributed by atoms with van der Waals surface area (Å²) in [4.78, 5) is 35.9. The maximum atomic E-state index is 12.6. The summed E-state index contributed by atoms with van der Waals surface area (Å²) >= 11 is 0. The molecule has 0 saturated carbocycles. The first-order chi connectivity index (χ1) is 16.8. The minimum absolute atomic E-state index is 0.00109. The maximum absolute atomic E-state index is 12.6. The fourth-order valence-corrected chi connectivity index (χ4v) is 4.08. The molecule has 6 heteroatoms. The van der Waals surface area contributed by atoms with Gasteiger partial charge in [0.2, 0.25) is 0 Å². The summed E-state index contributed by atoms with van der Waals surface area (Å²) in [6.45, 7) is 5.95. The van der Waals surface area contributed by atoms with Crippen LogP contribution in [0.1, 0.15) is 93.6 Å². The molecule has 0 aliphatic heterocycles. The van der Waals surface area contributed by atoms with Crippen molar-refractivity contribution >= 4 is 17.5 Å². The van der Waals surface area contributed by atoms with Crippen LogP contribution in [0, 0.1) is 5.92 Å². The third-order valence-corrected chi connectivity index (χ3v) is 6.09. The van der Waals surface area contributed by atoms with E-state index in [0.717, 1.165) is 12.0 Å². The quantitative estimate of drug-likeness (QED) is 0.199. The maximum Gasteiger partial charge on any atom is 0.303 e. The fraction of sp³-hybridized carbons (Fsp3) is 0.552. The molecule has 1 aromatic heterocycles. The predicted octanol–water partition coefficient (Wildman–Crippen LogP) is 6.29. The molecule has 0 radical (unpaired) electrons. The molecule has 0 aliphatic rings. The third kappa shape index (κ3) is 10.5. The smallest absolute Gasteiger partial charge is 0.303 e.